The highest BCUT2D eigenvalue weighted by molar-refractivity contribution is 7.15. The number of rotatable bonds is 4. The molecule has 3 nitrogen and oxygen atoms in total. The maximum absolute atomic E-state index is 5.75. The van der Waals surface area contributed by atoms with E-state index in [4.69, 9.17) is 21.1 Å². The standard InChI is InChI=1S/C12H12ClNO2S/c1-15-8-3-4-10(16-2)9(5-8)11-7-14-12(6-13)17-11/h3-5,7H,6H2,1-2H3. The molecule has 1 aromatic heterocycles. The molecule has 0 bridgehead atoms. The Bertz CT molecular complexity index is 513. The van der Waals surface area contributed by atoms with Crippen LogP contribution in [0.15, 0.2) is 24.4 Å². The zero-order valence-electron chi connectivity index (χ0n) is 9.57. The van der Waals surface area contributed by atoms with E-state index < -0.39 is 0 Å². The SMILES string of the molecule is COc1ccc(OC)c(-c2cnc(CCl)s2)c1. The molecule has 0 aliphatic carbocycles. The Morgan fingerprint density at radius 3 is 2.71 bits per heavy atom. The van der Waals surface area contributed by atoms with Gasteiger partial charge in [0.2, 0.25) is 0 Å². The lowest BCUT2D eigenvalue weighted by atomic mass is 10.1. The molecule has 0 N–H and O–H groups in total. The molecule has 0 atom stereocenters. The molecule has 0 fully saturated rings. The first kappa shape index (κ1) is 12.2. The molecule has 1 aromatic carbocycles. The number of aromatic nitrogens is 1. The van der Waals surface area contributed by atoms with Gasteiger partial charge in [0.15, 0.2) is 0 Å². The number of benzene rings is 1. The van der Waals surface area contributed by atoms with Crippen molar-refractivity contribution in [1.82, 2.24) is 4.98 Å². The van der Waals surface area contributed by atoms with Crippen molar-refractivity contribution in [2.75, 3.05) is 14.2 Å². The number of ether oxygens (including phenoxy) is 2. The first-order valence-corrected chi connectivity index (χ1v) is 6.36. The van der Waals surface area contributed by atoms with E-state index >= 15 is 0 Å². The second kappa shape index (κ2) is 5.38. The third-order valence-corrected chi connectivity index (χ3v) is 3.78. The highest BCUT2D eigenvalue weighted by atomic mass is 35.5. The number of thiazole rings is 1. The normalized spacial score (nSPS) is 10.3. The van der Waals surface area contributed by atoms with E-state index in [0.29, 0.717) is 5.88 Å². The third kappa shape index (κ3) is 2.53. The lowest BCUT2D eigenvalue weighted by molar-refractivity contribution is 0.404. The summed E-state index contributed by atoms with van der Waals surface area (Å²) in [5.74, 6) is 2.02. The molecule has 2 rings (SSSR count). The minimum absolute atomic E-state index is 0.428. The molecule has 0 aliphatic rings. The van der Waals surface area contributed by atoms with E-state index in [-0.39, 0.29) is 0 Å². The van der Waals surface area contributed by atoms with Crippen molar-refractivity contribution < 1.29 is 9.47 Å². The van der Waals surface area contributed by atoms with E-state index in [9.17, 15) is 0 Å². The molecule has 17 heavy (non-hydrogen) atoms. The topological polar surface area (TPSA) is 31.4 Å². The van der Waals surface area contributed by atoms with Crippen molar-refractivity contribution >= 4 is 22.9 Å². The largest absolute Gasteiger partial charge is 0.497 e. The predicted octanol–water partition coefficient (Wildman–Crippen LogP) is 3.57. The van der Waals surface area contributed by atoms with Gasteiger partial charge in [-0.15, -0.1) is 22.9 Å². The molecule has 0 spiro atoms. The monoisotopic (exact) mass is 269 g/mol. The van der Waals surface area contributed by atoms with Gasteiger partial charge in [-0.2, -0.15) is 0 Å². The van der Waals surface area contributed by atoms with Crippen molar-refractivity contribution in [1.29, 1.82) is 0 Å². The Hall–Kier alpha value is -1.26. The minimum Gasteiger partial charge on any atom is -0.497 e. The summed E-state index contributed by atoms with van der Waals surface area (Å²) in [7, 11) is 3.29. The van der Waals surface area contributed by atoms with Gasteiger partial charge in [-0.1, -0.05) is 0 Å². The number of alkyl halides is 1. The van der Waals surface area contributed by atoms with Crippen molar-refractivity contribution in [2.24, 2.45) is 0 Å². The number of methoxy groups -OCH3 is 2. The summed E-state index contributed by atoms with van der Waals surface area (Å²) in [5, 5.41) is 0.895. The Labute approximate surface area is 109 Å². The van der Waals surface area contributed by atoms with Crippen LogP contribution in [0.1, 0.15) is 5.01 Å². The smallest absolute Gasteiger partial charge is 0.127 e. The van der Waals surface area contributed by atoms with E-state index in [1.165, 1.54) is 0 Å². The summed E-state index contributed by atoms with van der Waals surface area (Å²) in [5.41, 5.74) is 0.973. The summed E-state index contributed by atoms with van der Waals surface area (Å²) >= 11 is 7.31. The van der Waals surface area contributed by atoms with Crippen LogP contribution in [0.25, 0.3) is 10.4 Å². The molecule has 0 amide bonds. The lowest BCUT2D eigenvalue weighted by Gasteiger charge is -2.08. The molecule has 90 valence electrons. The second-order valence-electron chi connectivity index (χ2n) is 3.32. The van der Waals surface area contributed by atoms with E-state index in [1.54, 1.807) is 31.8 Å². The molecule has 0 aliphatic heterocycles. The maximum atomic E-state index is 5.75. The Morgan fingerprint density at radius 2 is 2.12 bits per heavy atom. The molecule has 2 aromatic rings. The summed E-state index contributed by atoms with van der Waals surface area (Å²) < 4.78 is 10.5. The summed E-state index contributed by atoms with van der Waals surface area (Å²) in [6, 6.07) is 5.68. The van der Waals surface area contributed by atoms with Gasteiger partial charge in [0.25, 0.3) is 0 Å². The van der Waals surface area contributed by atoms with Crippen LogP contribution in [-0.2, 0) is 5.88 Å². The summed E-state index contributed by atoms with van der Waals surface area (Å²) in [4.78, 5) is 5.26. The highest BCUT2D eigenvalue weighted by Crippen LogP contribution is 2.36. The number of nitrogens with zero attached hydrogens (tertiary/aromatic N) is 1. The number of hydrogen-bond donors (Lipinski definition) is 0. The Balaban J connectivity index is 2.47. The van der Waals surface area contributed by atoms with Crippen LogP contribution < -0.4 is 9.47 Å². The molecular formula is C12H12ClNO2S. The van der Waals surface area contributed by atoms with Crippen molar-refractivity contribution in [3.8, 4) is 21.9 Å². The second-order valence-corrected chi connectivity index (χ2v) is 4.70. The third-order valence-electron chi connectivity index (χ3n) is 2.34. The number of halogens is 1. The van der Waals surface area contributed by atoms with Crippen molar-refractivity contribution in [3.63, 3.8) is 0 Å². The van der Waals surface area contributed by atoms with Crippen LogP contribution in [0.3, 0.4) is 0 Å². The van der Waals surface area contributed by atoms with Gasteiger partial charge >= 0.3 is 0 Å². The summed E-state index contributed by atoms with van der Waals surface area (Å²) in [6.07, 6.45) is 1.81. The quantitative estimate of drug-likeness (QED) is 0.795. The molecular weight excluding hydrogens is 258 g/mol. The predicted molar refractivity (Wildman–Crippen MR) is 70.2 cm³/mol. The van der Waals surface area contributed by atoms with Crippen LogP contribution >= 0.6 is 22.9 Å². The summed E-state index contributed by atoms with van der Waals surface area (Å²) in [6.45, 7) is 0. The maximum Gasteiger partial charge on any atom is 0.127 e. The fourth-order valence-corrected chi connectivity index (χ4v) is 2.52. The van der Waals surface area contributed by atoms with Crippen LogP contribution in [0.2, 0.25) is 0 Å². The van der Waals surface area contributed by atoms with Crippen LogP contribution in [0.5, 0.6) is 11.5 Å². The Kier molecular flexibility index (Phi) is 3.86. The minimum atomic E-state index is 0.428. The molecule has 0 saturated carbocycles. The zero-order chi connectivity index (χ0) is 12.3. The fourth-order valence-electron chi connectivity index (χ4n) is 1.50. The molecule has 1 heterocycles. The van der Waals surface area contributed by atoms with Gasteiger partial charge < -0.3 is 9.47 Å². The van der Waals surface area contributed by atoms with Gasteiger partial charge in [-0.05, 0) is 18.2 Å². The van der Waals surface area contributed by atoms with Crippen molar-refractivity contribution in [3.05, 3.63) is 29.4 Å². The average Bonchev–Trinajstić information content (AvgIpc) is 2.86. The van der Waals surface area contributed by atoms with Crippen LogP contribution in [0.4, 0.5) is 0 Å². The highest BCUT2D eigenvalue weighted by Gasteiger charge is 2.10. The van der Waals surface area contributed by atoms with E-state index in [1.807, 2.05) is 18.2 Å². The lowest BCUT2D eigenvalue weighted by Crippen LogP contribution is -1.88. The molecule has 0 saturated heterocycles. The van der Waals surface area contributed by atoms with E-state index in [0.717, 1.165) is 26.9 Å². The molecule has 0 unspecified atom stereocenters. The van der Waals surface area contributed by atoms with E-state index in [2.05, 4.69) is 4.98 Å². The number of hydrogen-bond acceptors (Lipinski definition) is 4. The fraction of sp³-hybridized carbons (Fsp3) is 0.250. The van der Waals surface area contributed by atoms with Gasteiger partial charge in [0, 0.05) is 11.8 Å². The van der Waals surface area contributed by atoms with Gasteiger partial charge in [-0.3, -0.25) is 0 Å². The Morgan fingerprint density at radius 1 is 1.29 bits per heavy atom. The van der Waals surface area contributed by atoms with Gasteiger partial charge in [0.1, 0.15) is 16.5 Å². The zero-order valence-corrected chi connectivity index (χ0v) is 11.1. The average molecular weight is 270 g/mol. The van der Waals surface area contributed by atoms with Crippen molar-refractivity contribution in [2.45, 2.75) is 5.88 Å². The first-order valence-electron chi connectivity index (χ1n) is 5.01. The van der Waals surface area contributed by atoms with Crippen LogP contribution in [0, 0.1) is 0 Å². The van der Waals surface area contributed by atoms with Gasteiger partial charge in [0.05, 0.1) is 25.0 Å². The van der Waals surface area contributed by atoms with Gasteiger partial charge in [-0.25, -0.2) is 4.98 Å². The first-order chi connectivity index (χ1) is 8.28. The van der Waals surface area contributed by atoms with Crippen LogP contribution in [-0.4, -0.2) is 19.2 Å². The molecule has 5 heteroatoms. The molecule has 0 radical (unpaired) electrons.